The summed E-state index contributed by atoms with van der Waals surface area (Å²) in [6.07, 6.45) is 23.6. The van der Waals surface area contributed by atoms with Crippen LogP contribution in [-0.2, 0) is 0 Å². The molecule has 0 bridgehead atoms. The first-order valence-corrected chi connectivity index (χ1v) is 10.7. The van der Waals surface area contributed by atoms with Crippen LogP contribution in [0.4, 0.5) is 0 Å². The Kier molecular flexibility index (Phi) is 9.96. The monoisotopic (exact) mass is 412 g/mol. The molecular weight excluding hydrogens is 372 g/mol. The number of rotatable bonds is 8. The van der Waals surface area contributed by atoms with E-state index in [0.29, 0.717) is 6.42 Å². The Hall–Kier alpha value is -1.94. The summed E-state index contributed by atoms with van der Waals surface area (Å²) in [6, 6.07) is 0. The molecule has 0 radical (unpaired) electrons. The van der Waals surface area contributed by atoms with E-state index in [1.807, 2.05) is 89.3 Å². The summed E-state index contributed by atoms with van der Waals surface area (Å²) in [4.78, 5) is 0. The smallest absolute Gasteiger partial charge is 0.116 e. The van der Waals surface area contributed by atoms with Crippen molar-refractivity contribution in [3.05, 3.63) is 83.6 Å². The van der Waals surface area contributed by atoms with E-state index in [1.54, 1.807) is 19.1 Å². The highest BCUT2D eigenvalue weighted by Crippen LogP contribution is 2.50. The van der Waals surface area contributed by atoms with E-state index < -0.39 is 11.2 Å². The minimum Gasteiger partial charge on any atom is -0.392 e. The normalized spacial score (nSPS) is 29.2. The molecule has 2 atom stereocenters. The molecule has 0 aromatic rings. The zero-order chi connectivity index (χ0) is 22.8. The predicted octanol–water partition coefficient (Wildman–Crippen LogP) is 5.73. The standard InChI is InChI=1S/C27H40O3/c1-22(12-7-8-13-23(2)16-10-21-28)14-9-15-24(3)17-20-27(30)25(4,5)18-11-19-26(27,6)29/h7-10,12-17,20,28-30H,11,18-19,21H2,1-6H3/b8-7+,14-9+,16-10+,20-17+,22-12+,23-13+,24-15+/t26-,27-/m1/s1. The van der Waals surface area contributed by atoms with Crippen LogP contribution in [0.2, 0.25) is 0 Å². The number of hydrogen-bond acceptors (Lipinski definition) is 3. The highest BCUT2D eigenvalue weighted by molar-refractivity contribution is 5.32. The van der Waals surface area contributed by atoms with Crippen LogP contribution in [0.5, 0.6) is 0 Å². The van der Waals surface area contributed by atoms with Gasteiger partial charge in [0.05, 0.1) is 12.2 Å². The zero-order valence-corrected chi connectivity index (χ0v) is 19.5. The molecule has 0 unspecified atom stereocenters. The van der Waals surface area contributed by atoms with Crippen LogP contribution >= 0.6 is 0 Å². The molecule has 0 aromatic carbocycles. The Labute approximate surface area is 183 Å². The zero-order valence-electron chi connectivity index (χ0n) is 19.5. The van der Waals surface area contributed by atoms with Gasteiger partial charge in [-0.1, -0.05) is 91.3 Å². The summed E-state index contributed by atoms with van der Waals surface area (Å²) in [5.74, 6) is 0. The van der Waals surface area contributed by atoms with Crippen LogP contribution in [0.15, 0.2) is 83.6 Å². The lowest BCUT2D eigenvalue weighted by molar-refractivity contribution is -0.194. The van der Waals surface area contributed by atoms with Gasteiger partial charge in [0.15, 0.2) is 0 Å². The number of aliphatic hydroxyl groups excluding tert-OH is 1. The molecule has 3 N–H and O–H groups in total. The van der Waals surface area contributed by atoms with Gasteiger partial charge in [0.2, 0.25) is 0 Å². The van der Waals surface area contributed by atoms with Gasteiger partial charge in [0.25, 0.3) is 0 Å². The van der Waals surface area contributed by atoms with Crippen molar-refractivity contribution < 1.29 is 15.3 Å². The summed E-state index contributed by atoms with van der Waals surface area (Å²) >= 11 is 0. The number of hydrogen-bond donors (Lipinski definition) is 3. The average molecular weight is 413 g/mol. The molecule has 1 saturated carbocycles. The second-order valence-electron chi connectivity index (χ2n) is 9.17. The van der Waals surface area contributed by atoms with Gasteiger partial charge in [-0.25, -0.2) is 0 Å². The van der Waals surface area contributed by atoms with Crippen LogP contribution < -0.4 is 0 Å². The third-order valence-electron chi connectivity index (χ3n) is 5.94. The van der Waals surface area contributed by atoms with Crippen molar-refractivity contribution in [2.75, 3.05) is 6.61 Å². The molecule has 1 aliphatic rings. The van der Waals surface area contributed by atoms with E-state index in [1.165, 1.54) is 0 Å². The summed E-state index contributed by atoms with van der Waals surface area (Å²) in [7, 11) is 0. The Balaban J connectivity index is 2.78. The van der Waals surface area contributed by atoms with E-state index in [-0.39, 0.29) is 12.0 Å². The van der Waals surface area contributed by atoms with Crippen LogP contribution in [0.3, 0.4) is 0 Å². The SMILES string of the molecule is CC(/C=C/C=C(C)/C=C/[C@@]1(O)C(C)(C)CCC[C@@]1(C)O)=C\C=C\C=C(C)\C=C\CO. The van der Waals surface area contributed by atoms with Crippen molar-refractivity contribution in [3.63, 3.8) is 0 Å². The minimum atomic E-state index is -1.25. The lowest BCUT2D eigenvalue weighted by atomic mass is 9.58. The van der Waals surface area contributed by atoms with Gasteiger partial charge in [-0.05, 0) is 58.4 Å². The van der Waals surface area contributed by atoms with E-state index in [2.05, 4.69) is 0 Å². The highest BCUT2D eigenvalue weighted by Gasteiger charge is 2.56. The van der Waals surface area contributed by atoms with Crippen molar-refractivity contribution in [1.82, 2.24) is 0 Å². The summed E-state index contributed by atoms with van der Waals surface area (Å²) < 4.78 is 0. The maximum Gasteiger partial charge on any atom is 0.116 e. The van der Waals surface area contributed by atoms with E-state index in [9.17, 15) is 10.2 Å². The maximum atomic E-state index is 11.3. The van der Waals surface area contributed by atoms with Gasteiger partial charge >= 0.3 is 0 Å². The summed E-state index contributed by atoms with van der Waals surface area (Å²) in [5, 5.41) is 30.8. The lowest BCUT2D eigenvalue weighted by Crippen LogP contribution is -2.62. The predicted molar refractivity (Wildman–Crippen MR) is 128 cm³/mol. The topological polar surface area (TPSA) is 60.7 Å². The van der Waals surface area contributed by atoms with Crippen LogP contribution in [0, 0.1) is 5.41 Å². The Morgan fingerprint density at radius 1 is 0.767 bits per heavy atom. The summed E-state index contributed by atoms with van der Waals surface area (Å²) in [5.41, 5.74) is 0.437. The molecule has 1 aliphatic carbocycles. The molecule has 0 aliphatic heterocycles. The molecule has 166 valence electrons. The first-order chi connectivity index (χ1) is 13.9. The van der Waals surface area contributed by atoms with E-state index >= 15 is 0 Å². The second kappa shape index (κ2) is 11.5. The molecule has 0 spiro atoms. The molecule has 0 aromatic heterocycles. The molecule has 1 rings (SSSR count). The van der Waals surface area contributed by atoms with Gasteiger partial charge < -0.3 is 15.3 Å². The molecule has 0 heterocycles. The minimum absolute atomic E-state index is 0.0528. The Morgan fingerprint density at radius 3 is 1.87 bits per heavy atom. The lowest BCUT2D eigenvalue weighted by Gasteiger charge is -2.53. The van der Waals surface area contributed by atoms with Gasteiger partial charge in [-0.3, -0.25) is 0 Å². The fourth-order valence-electron chi connectivity index (χ4n) is 3.81. The molecule has 0 saturated heterocycles. The fraction of sp³-hybridized carbons (Fsp3) is 0.481. The van der Waals surface area contributed by atoms with Crippen LogP contribution in [0.1, 0.15) is 60.8 Å². The quantitative estimate of drug-likeness (QED) is 0.446. The third kappa shape index (κ3) is 7.39. The van der Waals surface area contributed by atoms with Crippen molar-refractivity contribution in [3.8, 4) is 0 Å². The third-order valence-corrected chi connectivity index (χ3v) is 5.94. The van der Waals surface area contributed by atoms with Crippen LogP contribution in [0.25, 0.3) is 0 Å². The Bertz CT molecular complexity index is 752. The van der Waals surface area contributed by atoms with Crippen LogP contribution in [-0.4, -0.2) is 33.1 Å². The maximum absolute atomic E-state index is 11.3. The van der Waals surface area contributed by atoms with E-state index in [0.717, 1.165) is 29.6 Å². The molecule has 1 fully saturated rings. The van der Waals surface area contributed by atoms with Gasteiger partial charge in [0, 0.05) is 0 Å². The van der Waals surface area contributed by atoms with Crippen molar-refractivity contribution >= 4 is 0 Å². The van der Waals surface area contributed by atoms with Crippen molar-refractivity contribution in [1.29, 1.82) is 0 Å². The van der Waals surface area contributed by atoms with E-state index in [4.69, 9.17) is 5.11 Å². The molecule has 3 heteroatoms. The average Bonchev–Trinajstić information content (AvgIpc) is 2.66. The van der Waals surface area contributed by atoms with Gasteiger partial charge in [-0.15, -0.1) is 0 Å². The molecular formula is C27H40O3. The highest BCUT2D eigenvalue weighted by atomic mass is 16.4. The fourth-order valence-corrected chi connectivity index (χ4v) is 3.81. The van der Waals surface area contributed by atoms with Gasteiger partial charge in [-0.2, -0.15) is 0 Å². The van der Waals surface area contributed by atoms with Crippen molar-refractivity contribution in [2.45, 2.75) is 72.0 Å². The number of aliphatic hydroxyl groups is 3. The molecule has 0 amide bonds. The first kappa shape index (κ1) is 26.1. The first-order valence-electron chi connectivity index (χ1n) is 10.7. The summed E-state index contributed by atoms with van der Waals surface area (Å²) in [6.45, 7) is 11.8. The van der Waals surface area contributed by atoms with Gasteiger partial charge in [0.1, 0.15) is 5.60 Å². The second-order valence-corrected chi connectivity index (χ2v) is 9.17. The Morgan fingerprint density at radius 2 is 1.30 bits per heavy atom. The largest absolute Gasteiger partial charge is 0.392 e. The number of allylic oxidation sites excluding steroid dienone is 12. The molecule has 3 nitrogen and oxygen atoms in total. The molecule has 30 heavy (non-hydrogen) atoms. The van der Waals surface area contributed by atoms with Crippen molar-refractivity contribution in [2.24, 2.45) is 5.41 Å².